The van der Waals surface area contributed by atoms with Gasteiger partial charge in [-0.3, -0.25) is 9.88 Å². The van der Waals surface area contributed by atoms with Crippen LogP contribution >= 0.6 is 12.2 Å². The summed E-state index contributed by atoms with van der Waals surface area (Å²) in [6.07, 6.45) is 0. The summed E-state index contributed by atoms with van der Waals surface area (Å²) >= 11 is 5.01. The molecule has 0 saturated heterocycles. The van der Waals surface area contributed by atoms with Crippen LogP contribution in [0.25, 0.3) is 0 Å². The monoisotopic (exact) mass is 299 g/mol. The number of hydrogen-bond donors (Lipinski definition) is 1. The third-order valence-electron chi connectivity index (χ3n) is 3.45. The van der Waals surface area contributed by atoms with E-state index in [1.807, 2.05) is 25.1 Å². The van der Waals surface area contributed by atoms with Gasteiger partial charge in [-0.25, -0.2) is 0 Å². The first-order valence-electron chi connectivity index (χ1n) is 6.96. The van der Waals surface area contributed by atoms with Crippen LogP contribution in [0.3, 0.4) is 0 Å². The van der Waals surface area contributed by atoms with E-state index >= 15 is 0 Å². The number of hydrogen-bond acceptors (Lipinski definition) is 3. The number of nitrogens with two attached hydrogens (primary N) is 1. The number of nitrogens with zero attached hydrogens (tertiary/aromatic N) is 2. The van der Waals surface area contributed by atoms with E-state index in [2.05, 4.69) is 42.1 Å². The molecule has 21 heavy (non-hydrogen) atoms. The summed E-state index contributed by atoms with van der Waals surface area (Å²) in [4.78, 5) is 7.24. The van der Waals surface area contributed by atoms with Crippen molar-refractivity contribution in [2.75, 3.05) is 7.05 Å². The molecule has 0 amide bonds. The van der Waals surface area contributed by atoms with E-state index in [4.69, 9.17) is 18.0 Å². The number of pyridine rings is 1. The maximum atomic E-state index is 5.66. The van der Waals surface area contributed by atoms with Crippen LogP contribution in [0.1, 0.15) is 28.1 Å². The van der Waals surface area contributed by atoms with Crippen molar-refractivity contribution in [3.05, 3.63) is 64.5 Å². The van der Waals surface area contributed by atoms with Crippen molar-refractivity contribution in [2.45, 2.75) is 26.9 Å². The molecule has 1 aromatic heterocycles. The van der Waals surface area contributed by atoms with Crippen LogP contribution < -0.4 is 5.73 Å². The number of aryl methyl sites for hydroxylation is 2. The van der Waals surface area contributed by atoms with Gasteiger partial charge in [0.25, 0.3) is 0 Å². The van der Waals surface area contributed by atoms with Crippen molar-refractivity contribution >= 4 is 17.2 Å². The SMILES string of the molecule is Cc1cccc(CN(C)Cc2ccc(C(N)=S)cc2C)n1. The van der Waals surface area contributed by atoms with Gasteiger partial charge in [0.1, 0.15) is 4.99 Å². The Kier molecular flexibility index (Phi) is 5.04. The Morgan fingerprint density at radius 1 is 1.19 bits per heavy atom. The summed E-state index contributed by atoms with van der Waals surface area (Å²) in [6.45, 7) is 5.81. The highest BCUT2D eigenvalue weighted by Gasteiger charge is 2.07. The first kappa shape index (κ1) is 15.6. The molecule has 0 fully saturated rings. The Balaban J connectivity index is 2.06. The van der Waals surface area contributed by atoms with Crippen LogP contribution in [-0.4, -0.2) is 21.9 Å². The van der Waals surface area contributed by atoms with E-state index in [1.54, 1.807) is 0 Å². The predicted octanol–water partition coefficient (Wildman–Crippen LogP) is 2.96. The van der Waals surface area contributed by atoms with E-state index in [1.165, 1.54) is 11.1 Å². The number of rotatable bonds is 5. The molecule has 0 saturated carbocycles. The van der Waals surface area contributed by atoms with Gasteiger partial charge in [-0.15, -0.1) is 0 Å². The van der Waals surface area contributed by atoms with Crippen molar-refractivity contribution in [2.24, 2.45) is 5.73 Å². The van der Waals surface area contributed by atoms with Crippen molar-refractivity contribution in [1.29, 1.82) is 0 Å². The number of benzene rings is 1. The van der Waals surface area contributed by atoms with Gasteiger partial charge in [0.05, 0.1) is 5.69 Å². The van der Waals surface area contributed by atoms with Gasteiger partial charge in [-0.1, -0.05) is 30.4 Å². The third-order valence-corrected chi connectivity index (χ3v) is 3.68. The molecule has 0 aliphatic carbocycles. The molecule has 2 N–H and O–H groups in total. The third kappa shape index (κ3) is 4.34. The molecule has 110 valence electrons. The molecule has 1 heterocycles. The molecular formula is C17H21N3S. The molecule has 0 spiro atoms. The lowest BCUT2D eigenvalue weighted by molar-refractivity contribution is 0.314. The fraction of sp³-hybridized carbons (Fsp3) is 0.294. The van der Waals surface area contributed by atoms with Crippen LogP contribution in [-0.2, 0) is 13.1 Å². The standard InChI is InChI=1S/C17H21N3S/c1-12-9-14(17(18)21)7-8-15(12)10-20(3)11-16-6-4-5-13(2)19-16/h4-9H,10-11H2,1-3H3,(H2,18,21). The molecule has 0 aliphatic heterocycles. The highest BCUT2D eigenvalue weighted by molar-refractivity contribution is 7.80. The second kappa shape index (κ2) is 6.78. The first-order chi connectivity index (χ1) is 9.95. The first-order valence-corrected chi connectivity index (χ1v) is 7.37. The predicted molar refractivity (Wildman–Crippen MR) is 91.2 cm³/mol. The molecule has 1 aromatic carbocycles. The molecule has 2 rings (SSSR count). The second-order valence-corrected chi connectivity index (χ2v) is 5.89. The van der Waals surface area contributed by atoms with Crippen molar-refractivity contribution in [3.63, 3.8) is 0 Å². The zero-order chi connectivity index (χ0) is 15.4. The normalized spacial score (nSPS) is 10.9. The fourth-order valence-corrected chi connectivity index (χ4v) is 2.46. The summed E-state index contributed by atoms with van der Waals surface area (Å²) in [5.74, 6) is 0. The zero-order valence-corrected chi connectivity index (χ0v) is 13.6. The Hall–Kier alpha value is -1.78. The topological polar surface area (TPSA) is 42.1 Å². The molecule has 3 nitrogen and oxygen atoms in total. The van der Waals surface area contributed by atoms with Gasteiger partial charge in [0, 0.05) is 24.3 Å². The average molecular weight is 299 g/mol. The summed E-state index contributed by atoms with van der Waals surface area (Å²) < 4.78 is 0. The van der Waals surface area contributed by atoms with E-state index in [-0.39, 0.29) is 0 Å². The molecular weight excluding hydrogens is 278 g/mol. The van der Waals surface area contributed by atoms with Crippen LogP contribution in [0.4, 0.5) is 0 Å². The number of aromatic nitrogens is 1. The molecule has 0 bridgehead atoms. The van der Waals surface area contributed by atoms with Crippen molar-refractivity contribution in [3.8, 4) is 0 Å². The van der Waals surface area contributed by atoms with Gasteiger partial charge in [-0.2, -0.15) is 0 Å². The van der Waals surface area contributed by atoms with Crippen molar-refractivity contribution in [1.82, 2.24) is 9.88 Å². The fourth-order valence-electron chi connectivity index (χ4n) is 2.34. The summed E-state index contributed by atoms with van der Waals surface area (Å²) in [7, 11) is 2.10. The highest BCUT2D eigenvalue weighted by Crippen LogP contribution is 2.14. The van der Waals surface area contributed by atoms with E-state index in [9.17, 15) is 0 Å². The summed E-state index contributed by atoms with van der Waals surface area (Å²) in [6, 6.07) is 12.3. The van der Waals surface area contributed by atoms with Gasteiger partial charge < -0.3 is 5.73 Å². The van der Waals surface area contributed by atoms with Gasteiger partial charge in [0.2, 0.25) is 0 Å². The van der Waals surface area contributed by atoms with Crippen LogP contribution in [0.5, 0.6) is 0 Å². The average Bonchev–Trinajstić information content (AvgIpc) is 2.40. The molecule has 0 atom stereocenters. The van der Waals surface area contributed by atoms with Crippen LogP contribution in [0.2, 0.25) is 0 Å². The Labute approximate surface area is 131 Å². The smallest absolute Gasteiger partial charge is 0.103 e. The van der Waals surface area contributed by atoms with E-state index in [0.717, 1.165) is 30.0 Å². The van der Waals surface area contributed by atoms with Gasteiger partial charge >= 0.3 is 0 Å². The minimum absolute atomic E-state index is 0.446. The van der Waals surface area contributed by atoms with Gasteiger partial charge in [-0.05, 0) is 50.2 Å². The van der Waals surface area contributed by atoms with Crippen LogP contribution in [0, 0.1) is 13.8 Å². The van der Waals surface area contributed by atoms with E-state index in [0.29, 0.717) is 4.99 Å². The second-order valence-electron chi connectivity index (χ2n) is 5.45. The molecule has 0 aliphatic rings. The lowest BCUT2D eigenvalue weighted by Gasteiger charge is -2.18. The lowest BCUT2D eigenvalue weighted by Crippen LogP contribution is -2.19. The minimum Gasteiger partial charge on any atom is -0.389 e. The van der Waals surface area contributed by atoms with Gasteiger partial charge in [0.15, 0.2) is 0 Å². The Bertz CT molecular complexity index is 652. The molecule has 0 unspecified atom stereocenters. The highest BCUT2D eigenvalue weighted by atomic mass is 32.1. The summed E-state index contributed by atoms with van der Waals surface area (Å²) in [5.41, 5.74) is 11.2. The molecule has 0 radical (unpaired) electrons. The van der Waals surface area contributed by atoms with Crippen LogP contribution in [0.15, 0.2) is 36.4 Å². The maximum Gasteiger partial charge on any atom is 0.103 e. The van der Waals surface area contributed by atoms with E-state index < -0.39 is 0 Å². The van der Waals surface area contributed by atoms with Crippen molar-refractivity contribution < 1.29 is 0 Å². The number of thiocarbonyl (C=S) groups is 1. The quantitative estimate of drug-likeness (QED) is 0.862. The summed E-state index contributed by atoms with van der Waals surface area (Å²) in [5, 5.41) is 0. The largest absolute Gasteiger partial charge is 0.389 e. The maximum absolute atomic E-state index is 5.66. The zero-order valence-electron chi connectivity index (χ0n) is 12.8. The Morgan fingerprint density at radius 3 is 2.57 bits per heavy atom. The molecule has 2 aromatic rings. The molecule has 4 heteroatoms. The Morgan fingerprint density at radius 2 is 1.95 bits per heavy atom. The lowest BCUT2D eigenvalue weighted by atomic mass is 10.0. The minimum atomic E-state index is 0.446.